The molecule has 2 aromatic rings. The molecule has 1 amide bonds. The van der Waals surface area contributed by atoms with Crippen molar-refractivity contribution in [2.24, 2.45) is 0 Å². The molecule has 0 unspecified atom stereocenters. The summed E-state index contributed by atoms with van der Waals surface area (Å²) in [5, 5.41) is 2.74. The molecule has 0 heterocycles. The summed E-state index contributed by atoms with van der Waals surface area (Å²) in [6.07, 6.45) is 0. The molecule has 2 rings (SSSR count). The number of halogens is 3. The van der Waals surface area contributed by atoms with Crippen LogP contribution in [0.3, 0.4) is 0 Å². The summed E-state index contributed by atoms with van der Waals surface area (Å²) in [6, 6.07) is 9.24. The van der Waals surface area contributed by atoms with Gasteiger partial charge in [-0.1, -0.05) is 0 Å². The Hall–Kier alpha value is -1.15. The van der Waals surface area contributed by atoms with E-state index in [1.807, 2.05) is 22.6 Å². The number of amides is 1. The SMILES string of the molecule is COc1ccc(C(=O)Nc2ccc(F)cc2I)cc1Br. The second-order valence-corrected chi connectivity index (χ2v) is 5.94. The van der Waals surface area contributed by atoms with Gasteiger partial charge in [0.1, 0.15) is 11.6 Å². The van der Waals surface area contributed by atoms with E-state index < -0.39 is 0 Å². The normalized spacial score (nSPS) is 10.2. The number of methoxy groups -OCH3 is 1. The number of nitrogens with one attached hydrogen (secondary N) is 1. The van der Waals surface area contributed by atoms with Gasteiger partial charge in [-0.2, -0.15) is 0 Å². The largest absolute Gasteiger partial charge is 0.496 e. The Bertz CT molecular complexity index is 664. The maximum atomic E-state index is 13.0. The van der Waals surface area contributed by atoms with Crippen molar-refractivity contribution in [2.75, 3.05) is 12.4 Å². The lowest BCUT2D eigenvalue weighted by Gasteiger charge is -2.09. The smallest absolute Gasteiger partial charge is 0.255 e. The molecule has 0 atom stereocenters. The summed E-state index contributed by atoms with van der Waals surface area (Å²) in [6.45, 7) is 0. The number of carbonyl (C=O) groups is 1. The number of rotatable bonds is 3. The summed E-state index contributed by atoms with van der Waals surface area (Å²) in [5.74, 6) is 0.0513. The average Bonchev–Trinajstić information content (AvgIpc) is 2.41. The Labute approximate surface area is 137 Å². The first-order valence-corrected chi connectivity index (χ1v) is 7.48. The number of hydrogen-bond acceptors (Lipinski definition) is 2. The lowest BCUT2D eigenvalue weighted by atomic mass is 10.2. The van der Waals surface area contributed by atoms with Crippen molar-refractivity contribution in [2.45, 2.75) is 0 Å². The van der Waals surface area contributed by atoms with Gasteiger partial charge in [-0.15, -0.1) is 0 Å². The summed E-state index contributed by atoms with van der Waals surface area (Å²) in [4.78, 5) is 12.1. The van der Waals surface area contributed by atoms with Crippen LogP contribution < -0.4 is 10.1 Å². The fourth-order valence-corrected chi connectivity index (χ4v) is 2.75. The molecule has 0 aliphatic carbocycles. The fourth-order valence-electron chi connectivity index (χ4n) is 1.59. The Kier molecular flexibility index (Phi) is 4.98. The molecule has 0 aliphatic heterocycles. The van der Waals surface area contributed by atoms with Crippen molar-refractivity contribution in [3.05, 3.63) is 55.8 Å². The predicted molar refractivity (Wildman–Crippen MR) is 87.8 cm³/mol. The highest BCUT2D eigenvalue weighted by Gasteiger charge is 2.11. The van der Waals surface area contributed by atoms with Crippen LogP contribution in [0, 0.1) is 9.39 Å². The van der Waals surface area contributed by atoms with E-state index in [1.165, 1.54) is 18.2 Å². The zero-order valence-corrected chi connectivity index (χ0v) is 14.2. The molecule has 104 valence electrons. The maximum Gasteiger partial charge on any atom is 0.255 e. The van der Waals surface area contributed by atoms with Crippen molar-refractivity contribution >= 4 is 50.1 Å². The summed E-state index contributed by atoms with van der Waals surface area (Å²) in [5.41, 5.74) is 1.06. The molecule has 2 aromatic carbocycles. The van der Waals surface area contributed by atoms with E-state index in [-0.39, 0.29) is 11.7 Å². The van der Waals surface area contributed by atoms with Crippen molar-refractivity contribution in [1.29, 1.82) is 0 Å². The minimum atomic E-state index is -0.334. The zero-order valence-electron chi connectivity index (χ0n) is 10.4. The Morgan fingerprint density at radius 2 is 2.05 bits per heavy atom. The Morgan fingerprint density at radius 1 is 1.30 bits per heavy atom. The van der Waals surface area contributed by atoms with Crippen molar-refractivity contribution in [3.8, 4) is 5.75 Å². The number of anilines is 1. The minimum absolute atomic E-state index is 0.266. The van der Waals surface area contributed by atoms with Crippen LogP contribution in [-0.4, -0.2) is 13.0 Å². The molecule has 0 saturated carbocycles. The van der Waals surface area contributed by atoms with Crippen LogP contribution in [0.2, 0.25) is 0 Å². The van der Waals surface area contributed by atoms with E-state index in [9.17, 15) is 9.18 Å². The topological polar surface area (TPSA) is 38.3 Å². The van der Waals surface area contributed by atoms with Crippen LogP contribution in [-0.2, 0) is 0 Å². The third kappa shape index (κ3) is 3.49. The van der Waals surface area contributed by atoms with E-state index >= 15 is 0 Å². The highest BCUT2D eigenvalue weighted by atomic mass is 127. The van der Waals surface area contributed by atoms with Crippen LogP contribution in [0.5, 0.6) is 5.75 Å². The third-order valence-electron chi connectivity index (χ3n) is 2.59. The molecule has 6 heteroatoms. The molecule has 0 bridgehead atoms. The Balaban J connectivity index is 2.21. The van der Waals surface area contributed by atoms with Crippen LogP contribution in [0.15, 0.2) is 40.9 Å². The third-order valence-corrected chi connectivity index (χ3v) is 4.11. The molecule has 0 fully saturated rings. The molecule has 0 saturated heterocycles. The standard InChI is InChI=1S/C14H10BrFINO2/c1-20-13-5-2-8(6-10(13)15)14(19)18-12-4-3-9(16)7-11(12)17/h2-7H,1H3,(H,18,19). The lowest BCUT2D eigenvalue weighted by molar-refractivity contribution is 0.102. The van der Waals surface area contributed by atoms with Crippen LogP contribution in [0.4, 0.5) is 10.1 Å². The van der Waals surface area contributed by atoms with Gasteiger partial charge in [0, 0.05) is 9.13 Å². The minimum Gasteiger partial charge on any atom is -0.496 e. The van der Waals surface area contributed by atoms with E-state index in [4.69, 9.17) is 4.74 Å². The van der Waals surface area contributed by atoms with Gasteiger partial charge in [0.05, 0.1) is 17.3 Å². The number of ether oxygens (including phenoxy) is 1. The monoisotopic (exact) mass is 449 g/mol. The van der Waals surface area contributed by atoms with Gasteiger partial charge >= 0.3 is 0 Å². The number of benzene rings is 2. The molecular formula is C14H10BrFINO2. The molecule has 0 radical (unpaired) electrons. The van der Waals surface area contributed by atoms with Crippen LogP contribution >= 0.6 is 38.5 Å². The molecule has 3 nitrogen and oxygen atoms in total. The summed E-state index contributed by atoms with van der Waals surface area (Å²) >= 11 is 5.30. The van der Waals surface area contributed by atoms with Gasteiger partial charge in [0.25, 0.3) is 5.91 Å². The summed E-state index contributed by atoms with van der Waals surface area (Å²) in [7, 11) is 1.56. The van der Waals surface area contributed by atoms with Gasteiger partial charge in [-0.3, -0.25) is 4.79 Å². The quantitative estimate of drug-likeness (QED) is 0.703. The molecule has 20 heavy (non-hydrogen) atoms. The molecular weight excluding hydrogens is 440 g/mol. The van der Waals surface area contributed by atoms with Crippen molar-refractivity contribution in [3.63, 3.8) is 0 Å². The first-order chi connectivity index (χ1) is 9.51. The maximum absolute atomic E-state index is 13.0. The van der Waals surface area contributed by atoms with Gasteiger partial charge in [-0.05, 0) is 74.9 Å². The van der Waals surface area contributed by atoms with Gasteiger partial charge in [-0.25, -0.2) is 4.39 Å². The van der Waals surface area contributed by atoms with Crippen molar-refractivity contribution < 1.29 is 13.9 Å². The first kappa shape index (κ1) is 15.2. The van der Waals surface area contributed by atoms with Gasteiger partial charge < -0.3 is 10.1 Å². The van der Waals surface area contributed by atoms with Crippen LogP contribution in [0.1, 0.15) is 10.4 Å². The van der Waals surface area contributed by atoms with E-state index in [2.05, 4.69) is 21.2 Å². The van der Waals surface area contributed by atoms with E-state index in [0.717, 1.165) is 0 Å². The Morgan fingerprint density at radius 3 is 2.65 bits per heavy atom. The molecule has 1 N–H and O–H groups in total. The highest BCUT2D eigenvalue weighted by molar-refractivity contribution is 14.1. The predicted octanol–water partition coefficient (Wildman–Crippen LogP) is 4.45. The van der Waals surface area contributed by atoms with Crippen LogP contribution in [0.25, 0.3) is 0 Å². The fraction of sp³-hybridized carbons (Fsp3) is 0.0714. The lowest BCUT2D eigenvalue weighted by Crippen LogP contribution is -2.13. The van der Waals surface area contributed by atoms with Crippen molar-refractivity contribution in [1.82, 2.24) is 0 Å². The summed E-state index contributed by atoms with van der Waals surface area (Å²) < 4.78 is 19.5. The molecule has 0 spiro atoms. The average molecular weight is 450 g/mol. The highest BCUT2D eigenvalue weighted by Crippen LogP contribution is 2.26. The van der Waals surface area contributed by atoms with E-state index in [0.29, 0.717) is 25.0 Å². The zero-order chi connectivity index (χ0) is 14.7. The first-order valence-electron chi connectivity index (χ1n) is 5.61. The van der Waals surface area contributed by atoms with Gasteiger partial charge in [0.2, 0.25) is 0 Å². The molecule has 0 aromatic heterocycles. The number of carbonyl (C=O) groups excluding carboxylic acids is 1. The second kappa shape index (κ2) is 6.53. The van der Waals surface area contributed by atoms with E-state index in [1.54, 1.807) is 25.3 Å². The van der Waals surface area contributed by atoms with Gasteiger partial charge in [0.15, 0.2) is 0 Å². The second-order valence-electron chi connectivity index (χ2n) is 3.93. The number of hydrogen-bond donors (Lipinski definition) is 1. The molecule has 0 aliphatic rings.